The van der Waals surface area contributed by atoms with Gasteiger partial charge in [-0.1, -0.05) is 36.7 Å². The van der Waals surface area contributed by atoms with Crippen LogP contribution in [-0.4, -0.2) is 39.7 Å². The Morgan fingerprint density at radius 2 is 1.82 bits per heavy atom. The molecule has 0 aliphatic heterocycles. The second-order valence-electron chi connectivity index (χ2n) is 5.99. The number of halogens is 1. The summed E-state index contributed by atoms with van der Waals surface area (Å²) in [4.78, 5) is 24.7. The Balaban J connectivity index is 2.36. The van der Waals surface area contributed by atoms with Gasteiger partial charge in [-0.05, 0) is 36.8 Å². The maximum atomic E-state index is 12.9. The van der Waals surface area contributed by atoms with Crippen LogP contribution in [0.1, 0.15) is 23.7 Å². The maximum Gasteiger partial charge on any atom is 0.339 e. The molecular weight excluding hydrogens is 404 g/mol. The van der Waals surface area contributed by atoms with E-state index in [4.69, 9.17) is 11.6 Å². The van der Waals surface area contributed by atoms with Gasteiger partial charge in [-0.25, -0.2) is 13.2 Å². The maximum absolute atomic E-state index is 12.9. The number of benzene rings is 2. The largest absolute Gasteiger partial charge is 0.465 e. The quantitative estimate of drug-likeness (QED) is 0.688. The van der Waals surface area contributed by atoms with Gasteiger partial charge in [0.05, 0.1) is 29.6 Å². The zero-order valence-corrected chi connectivity index (χ0v) is 17.3. The Labute approximate surface area is 169 Å². The van der Waals surface area contributed by atoms with E-state index < -0.39 is 27.9 Å². The monoisotopic (exact) mass is 424 g/mol. The molecule has 9 heteroatoms. The lowest BCUT2D eigenvalue weighted by atomic mass is 10.1. The van der Waals surface area contributed by atoms with Crippen LogP contribution < -0.4 is 9.62 Å². The minimum Gasteiger partial charge on any atom is -0.465 e. The zero-order chi connectivity index (χ0) is 20.9. The fourth-order valence-electron chi connectivity index (χ4n) is 2.73. The van der Waals surface area contributed by atoms with Crippen molar-refractivity contribution in [2.75, 3.05) is 23.0 Å². The number of carbonyl (C=O) groups is 2. The first-order chi connectivity index (χ1) is 13.2. The van der Waals surface area contributed by atoms with Gasteiger partial charge in [0.1, 0.15) is 6.04 Å². The highest BCUT2D eigenvalue weighted by Crippen LogP contribution is 2.25. The number of nitrogens with one attached hydrogen (secondary N) is 1. The van der Waals surface area contributed by atoms with Crippen molar-refractivity contribution >= 4 is 44.9 Å². The smallest absolute Gasteiger partial charge is 0.339 e. The summed E-state index contributed by atoms with van der Waals surface area (Å²) in [5.74, 6) is -1.18. The van der Waals surface area contributed by atoms with Crippen LogP contribution in [-0.2, 0) is 19.6 Å². The number of anilines is 2. The lowest BCUT2D eigenvalue weighted by Gasteiger charge is -2.30. The average Bonchev–Trinajstić information content (AvgIpc) is 2.66. The summed E-state index contributed by atoms with van der Waals surface area (Å²) >= 11 is 5.99. The highest BCUT2D eigenvalue weighted by molar-refractivity contribution is 7.92. The number of rotatable bonds is 7. The minimum atomic E-state index is -3.72. The van der Waals surface area contributed by atoms with Crippen molar-refractivity contribution in [3.8, 4) is 0 Å². The molecule has 0 saturated heterocycles. The molecule has 0 fully saturated rings. The Morgan fingerprint density at radius 3 is 2.36 bits per heavy atom. The van der Waals surface area contributed by atoms with Gasteiger partial charge in [0.2, 0.25) is 15.9 Å². The van der Waals surface area contributed by atoms with Crippen molar-refractivity contribution in [1.82, 2.24) is 0 Å². The molecule has 0 aliphatic carbocycles. The van der Waals surface area contributed by atoms with E-state index in [2.05, 4.69) is 10.1 Å². The molecule has 0 heterocycles. The summed E-state index contributed by atoms with van der Waals surface area (Å²) in [5.41, 5.74) is 0.783. The molecule has 0 bridgehead atoms. The number of nitrogens with zero attached hydrogens (tertiary/aromatic N) is 1. The molecule has 0 aliphatic rings. The van der Waals surface area contributed by atoms with Crippen LogP contribution in [0.5, 0.6) is 0 Å². The number of para-hydroxylation sites is 1. The van der Waals surface area contributed by atoms with Gasteiger partial charge in [0.15, 0.2) is 0 Å². The van der Waals surface area contributed by atoms with Crippen molar-refractivity contribution in [1.29, 1.82) is 0 Å². The topological polar surface area (TPSA) is 92.8 Å². The first-order valence-electron chi connectivity index (χ1n) is 8.42. The third-order valence-electron chi connectivity index (χ3n) is 3.98. The lowest BCUT2D eigenvalue weighted by molar-refractivity contribution is -0.117. The van der Waals surface area contributed by atoms with Gasteiger partial charge in [-0.2, -0.15) is 0 Å². The van der Waals surface area contributed by atoms with Crippen LogP contribution in [0.2, 0.25) is 5.02 Å². The van der Waals surface area contributed by atoms with Gasteiger partial charge in [-0.3, -0.25) is 9.10 Å². The number of amides is 1. The van der Waals surface area contributed by atoms with Crippen molar-refractivity contribution in [3.63, 3.8) is 0 Å². The molecule has 0 radical (unpaired) electrons. The number of carbonyl (C=O) groups excluding carboxylic acids is 2. The summed E-state index contributed by atoms with van der Waals surface area (Å²) in [7, 11) is -2.50. The molecule has 1 unspecified atom stereocenters. The molecule has 1 atom stereocenters. The number of ether oxygens (including phenoxy) is 1. The zero-order valence-electron chi connectivity index (χ0n) is 15.7. The van der Waals surface area contributed by atoms with Crippen molar-refractivity contribution < 1.29 is 22.7 Å². The Kier molecular flexibility index (Phi) is 7.04. The third-order valence-corrected chi connectivity index (χ3v) is 5.49. The van der Waals surface area contributed by atoms with Gasteiger partial charge in [0, 0.05) is 5.69 Å². The van der Waals surface area contributed by atoms with Crippen LogP contribution in [0.25, 0.3) is 0 Å². The van der Waals surface area contributed by atoms with E-state index in [1.165, 1.54) is 25.3 Å². The third kappa shape index (κ3) is 5.02. The van der Waals surface area contributed by atoms with E-state index in [1.54, 1.807) is 37.3 Å². The molecule has 2 rings (SSSR count). The highest BCUT2D eigenvalue weighted by atomic mass is 35.5. The van der Waals surface area contributed by atoms with Crippen LogP contribution in [0.4, 0.5) is 11.4 Å². The second-order valence-corrected chi connectivity index (χ2v) is 8.26. The molecule has 1 N–H and O–H groups in total. The summed E-state index contributed by atoms with van der Waals surface area (Å²) < 4.78 is 30.5. The average molecular weight is 425 g/mol. The second kappa shape index (κ2) is 9.07. The van der Waals surface area contributed by atoms with Gasteiger partial charge >= 0.3 is 5.97 Å². The fourth-order valence-corrected chi connectivity index (χ4v) is 4.14. The summed E-state index contributed by atoms with van der Waals surface area (Å²) in [6, 6.07) is 11.8. The first kappa shape index (κ1) is 21.7. The van der Waals surface area contributed by atoms with E-state index in [0.29, 0.717) is 11.4 Å². The molecular formula is C19H21ClN2O5S. The van der Waals surface area contributed by atoms with E-state index in [-0.39, 0.29) is 17.0 Å². The van der Waals surface area contributed by atoms with Crippen LogP contribution in [0.15, 0.2) is 48.5 Å². The molecule has 0 saturated carbocycles. The van der Waals surface area contributed by atoms with Gasteiger partial charge in [0.25, 0.3) is 0 Å². The molecule has 7 nitrogen and oxygen atoms in total. The fraction of sp³-hybridized carbons (Fsp3) is 0.263. The van der Waals surface area contributed by atoms with Crippen molar-refractivity contribution in [3.05, 3.63) is 59.1 Å². The van der Waals surface area contributed by atoms with Crippen LogP contribution >= 0.6 is 11.6 Å². The van der Waals surface area contributed by atoms with Gasteiger partial charge < -0.3 is 10.1 Å². The van der Waals surface area contributed by atoms with E-state index >= 15 is 0 Å². The molecule has 0 spiro atoms. The molecule has 150 valence electrons. The number of esters is 1. The Bertz CT molecular complexity index is 964. The van der Waals surface area contributed by atoms with E-state index in [9.17, 15) is 18.0 Å². The Hall–Kier alpha value is -2.58. The van der Waals surface area contributed by atoms with Crippen LogP contribution in [0, 0.1) is 0 Å². The standard InChI is InChI=1S/C19H21ClN2O5S/c1-4-17(22(28(3,25)26)14-8-6-5-7-9-14)18(23)21-13-10-11-16(20)15(12-13)19(24)27-2/h5-12,17H,4H2,1-3H3,(H,21,23). The number of methoxy groups -OCH3 is 1. The van der Waals surface area contributed by atoms with Gasteiger partial charge in [-0.15, -0.1) is 0 Å². The predicted molar refractivity (Wildman–Crippen MR) is 109 cm³/mol. The molecule has 28 heavy (non-hydrogen) atoms. The van der Waals surface area contributed by atoms with E-state index in [1.807, 2.05) is 0 Å². The molecule has 2 aromatic carbocycles. The van der Waals surface area contributed by atoms with Crippen molar-refractivity contribution in [2.45, 2.75) is 19.4 Å². The first-order valence-corrected chi connectivity index (χ1v) is 10.6. The summed E-state index contributed by atoms with van der Waals surface area (Å²) in [5, 5.41) is 2.83. The summed E-state index contributed by atoms with van der Waals surface area (Å²) in [6.45, 7) is 1.72. The number of hydrogen-bond donors (Lipinski definition) is 1. The number of sulfonamides is 1. The SMILES string of the molecule is CCC(C(=O)Nc1ccc(Cl)c(C(=O)OC)c1)N(c1ccccc1)S(C)(=O)=O. The normalized spacial score (nSPS) is 12.1. The Morgan fingerprint density at radius 1 is 1.18 bits per heavy atom. The minimum absolute atomic E-state index is 0.0954. The van der Waals surface area contributed by atoms with E-state index in [0.717, 1.165) is 10.6 Å². The summed E-state index contributed by atoms with van der Waals surface area (Å²) in [6.07, 6.45) is 1.29. The number of hydrogen-bond acceptors (Lipinski definition) is 5. The highest BCUT2D eigenvalue weighted by Gasteiger charge is 2.31. The molecule has 2 aromatic rings. The lowest BCUT2D eigenvalue weighted by Crippen LogP contribution is -2.47. The molecule has 1 amide bonds. The van der Waals surface area contributed by atoms with Crippen LogP contribution in [0.3, 0.4) is 0 Å². The molecule has 0 aromatic heterocycles. The predicted octanol–water partition coefficient (Wildman–Crippen LogP) is 3.31. The van der Waals surface area contributed by atoms with Crippen molar-refractivity contribution in [2.24, 2.45) is 0 Å².